The summed E-state index contributed by atoms with van der Waals surface area (Å²) in [6.07, 6.45) is 0. The molecule has 0 fully saturated rings. The number of nitrogens with one attached hydrogen (secondary N) is 1. The summed E-state index contributed by atoms with van der Waals surface area (Å²) in [7, 11) is 0. The molecule has 101 valence electrons. The Morgan fingerprint density at radius 1 is 0.810 bits per heavy atom. The maximum absolute atomic E-state index is 3.59. The number of aryl methyl sites for hydroxylation is 2. The van der Waals surface area contributed by atoms with E-state index in [2.05, 4.69) is 67.4 Å². The highest BCUT2D eigenvalue weighted by atomic mass is 14.7. The molecule has 0 saturated heterocycles. The molecule has 4 aromatic rings. The Morgan fingerprint density at radius 3 is 2.38 bits per heavy atom. The van der Waals surface area contributed by atoms with Crippen molar-refractivity contribution in [2.75, 3.05) is 0 Å². The van der Waals surface area contributed by atoms with Crippen LogP contribution in [0.4, 0.5) is 0 Å². The maximum atomic E-state index is 3.59. The molecule has 0 amide bonds. The van der Waals surface area contributed by atoms with Crippen LogP contribution in [0.3, 0.4) is 0 Å². The van der Waals surface area contributed by atoms with Gasteiger partial charge in [-0.15, -0.1) is 0 Å². The zero-order valence-corrected chi connectivity index (χ0v) is 12.2. The number of benzene rings is 3. The standard InChI is InChI=1S/C20H16N/c1-13-8-9-19-17(10-13)18-12-14(2)11-16(20(18)21-19)15-6-4-3-5-7-15/h4-12,21H,1-2H3. The summed E-state index contributed by atoms with van der Waals surface area (Å²) in [6.45, 7) is 4.30. The van der Waals surface area contributed by atoms with Gasteiger partial charge >= 0.3 is 0 Å². The number of hydrogen-bond acceptors (Lipinski definition) is 0. The minimum atomic E-state index is 1.20. The summed E-state index contributed by atoms with van der Waals surface area (Å²) in [4.78, 5) is 3.59. The zero-order valence-electron chi connectivity index (χ0n) is 12.2. The van der Waals surface area contributed by atoms with Gasteiger partial charge in [-0.25, -0.2) is 0 Å². The molecule has 21 heavy (non-hydrogen) atoms. The fraction of sp³-hybridized carbons (Fsp3) is 0.100. The van der Waals surface area contributed by atoms with Gasteiger partial charge in [0.25, 0.3) is 0 Å². The Hall–Kier alpha value is -2.54. The third kappa shape index (κ3) is 1.93. The summed E-state index contributed by atoms with van der Waals surface area (Å²) in [5.74, 6) is 0. The normalized spacial score (nSPS) is 11.3. The van der Waals surface area contributed by atoms with Crippen molar-refractivity contribution in [3.8, 4) is 11.1 Å². The number of aromatic nitrogens is 1. The van der Waals surface area contributed by atoms with Gasteiger partial charge in [-0.05, 0) is 55.3 Å². The molecule has 0 aliphatic rings. The average Bonchev–Trinajstić information content (AvgIpc) is 2.85. The summed E-state index contributed by atoms with van der Waals surface area (Å²) in [5.41, 5.74) is 7.48. The first-order valence-electron chi connectivity index (χ1n) is 7.21. The summed E-state index contributed by atoms with van der Waals surface area (Å²) >= 11 is 0. The van der Waals surface area contributed by atoms with E-state index in [1.165, 1.54) is 44.1 Å². The number of H-pyrrole nitrogens is 1. The van der Waals surface area contributed by atoms with Crippen LogP contribution in [0, 0.1) is 19.9 Å². The second-order valence-electron chi connectivity index (χ2n) is 5.70. The molecular weight excluding hydrogens is 254 g/mol. The molecule has 0 spiro atoms. The lowest BCUT2D eigenvalue weighted by atomic mass is 9.99. The van der Waals surface area contributed by atoms with Crippen LogP contribution in [0.25, 0.3) is 32.9 Å². The third-order valence-electron chi connectivity index (χ3n) is 4.04. The van der Waals surface area contributed by atoms with E-state index in [1.54, 1.807) is 0 Å². The van der Waals surface area contributed by atoms with Gasteiger partial charge in [-0.3, -0.25) is 0 Å². The smallest absolute Gasteiger partial charge is 0.0544 e. The first-order chi connectivity index (χ1) is 10.2. The molecule has 0 saturated carbocycles. The number of fused-ring (bicyclic) bond motifs is 3. The van der Waals surface area contributed by atoms with Crippen LogP contribution in [0.1, 0.15) is 11.1 Å². The third-order valence-corrected chi connectivity index (χ3v) is 4.04. The summed E-state index contributed by atoms with van der Waals surface area (Å²) < 4.78 is 0. The molecule has 1 aromatic heterocycles. The molecule has 1 radical (unpaired) electrons. The minimum absolute atomic E-state index is 1.20. The number of rotatable bonds is 1. The van der Waals surface area contributed by atoms with Gasteiger partial charge in [0, 0.05) is 21.9 Å². The van der Waals surface area contributed by atoms with Gasteiger partial charge in [0.1, 0.15) is 0 Å². The molecular formula is C20H16N. The van der Waals surface area contributed by atoms with Gasteiger partial charge in [0.2, 0.25) is 0 Å². The van der Waals surface area contributed by atoms with Crippen molar-refractivity contribution in [2.45, 2.75) is 13.8 Å². The first-order valence-corrected chi connectivity index (χ1v) is 7.21. The SMILES string of the molecule is Cc1ccc2[nH]c3c(-c4cc[c]cc4)cc(C)cc3c2c1. The Bertz CT molecular complexity index is 946. The van der Waals surface area contributed by atoms with Crippen molar-refractivity contribution in [1.82, 2.24) is 4.98 Å². The van der Waals surface area contributed by atoms with Crippen LogP contribution in [-0.4, -0.2) is 4.98 Å². The predicted molar refractivity (Wildman–Crippen MR) is 89.6 cm³/mol. The number of hydrogen-bond donors (Lipinski definition) is 1. The molecule has 1 nitrogen and oxygen atoms in total. The molecule has 3 aromatic carbocycles. The number of aromatic amines is 1. The predicted octanol–water partition coefficient (Wildman–Crippen LogP) is 5.41. The van der Waals surface area contributed by atoms with Crippen LogP contribution in [-0.2, 0) is 0 Å². The molecule has 0 aliphatic carbocycles. The maximum Gasteiger partial charge on any atom is 0.0544 e. The quantitative estimate of drug-likeness (QED) is 0.476. The summed E-state index contributed by atoms with van der Waals surface area (Å²) in [5, 5.41) is 2.61. The van der Waals surface area contributed by atoms with E-state index in [0.29, 0.717) is 0 Å². The van der Waals surface area contributed by atoms with Gasteiger partial charge in [-0.1, -0.05) is 35.9 Å². The highest BCUT2D eigenvalue weighted by Gasteiger charge is 2.10. The Kier molecular flexibility index (Phi) is 2.61. The highest BCUT2D eigenvalue weighted by molar-refractivity contribution is 6.12. The Balaban J connectivity index is 2.15. The lowest BCUT2D eigenvalue weighted by molar-refractivity contribution is 1.47. The second-order valence-corrected chi connectivity index (χ2v) is 5.70. The monoisotopic (exact) mass is 270 g/mol. The van der Waals surface area contributed by atoms with Gasteiger partial charge in [-0.2, -0.15) is 0 Å². The molecule has 1 heterocycles. The van der Waals surface area contributed by atoms with E-state index in [1.807, 2.05) is 12.1 Å². The van der Waals surface area contributed by atoms with Crippen molar-refractivity contribution < 1.29 is 0 Å². The summed E-state index contributed by atoms with van der Waals surface area (Å²) in [6, 6.07) is 22.4. The van der Waals surface area contributed by atoms with Crippen LogP contribution in [0.15, 0.2) is 54.6 Å². The first kappa shape index (κ1) is 12.2. The topological polar surface area (TPSA) is 15.8 Å². The second kappa shape index (κ2) is 4.49. The highest BCUT2D eigenvalue weighted by Crippen LogP contribution is 2.34. The van der Waals surface area contributed by atoms with Crippen molar-refractivity contribution in [3.63, 3.8) is 0 Å². The van der Waals surface area contributed by atoms with Crippen LogP contribution in [0.5, 0.6) is 0 Å². The fourth-order valence-electron chi connectivity index (χ4n) is 3.05. The zero-order chi connectivity index (χ0) is 14.4. The average molecular weight is 270 g/mol. The fourth-order valence-corrected chi connectivity index (χ4v) is 3.05. The van der Waals surface area contributed by atoms with E-state index in [0.717, 1.165) is 0 Å². The van der Waals surface area contributed by atoms with Crippen molar-refractivity contribution in [3.05, 3.63) is 71.8 Å². The van der Waals surface area contributed by atoms with E-state index in [-0.39, 0.29) is 0 Å². The Morgan fingerprint density at radius 2 is 1.57 bits per heavy atom. The van der Waals surface area contributed by atoms with E-state index < -0.39 is 0 Å². The van der Waals surface area contributed by atoms with E-state index in [9.17, 15) is 0 Å². The van der Waals surface area contributed by atoms with Crippen molar-refractivity contribution in [1.29, 1.82) is 0 Å². The van der Waals surface area contributed by atoms with E-state index >= 15 is 0 Å². The molecule has 4 rings (SSSR count). The molecule has 0 aliphatic heterocycles. The van der Waals surface area contributed by atoms with Crippen LogP contribution < -0.4 is 0 Å². The molecule has 0 bridgehead atoms. The van der Waals surface area contributed by atoms with Gasteiger partial charge in [0.05, 0.1) is 5.52 Å². The van der Waals surface area contributed by atoms with Gasteiger partial charge in [0.15, 0.2) is 0 Å². The molecule has 0 unspecified atom stereocenters. The Labute approximate surface area is 124 Å². The van der Waals surface area contributed by atoms with Crippen molar-refractivity contribution in [2.24, 2.45) is 0 Å². The van der Waals surface area contributed by atoms with Crippen LogP contribution >= 0.6 is 0 Å². The molecule has 1 N–H and O–H groups in total. The van der Waals surface area contributed by atoms with Gasteiger partial charge < -0.3 is 4.98 Å². The lowest BCUT2D eigenvalue weighted by Crippen LogP contribution is -1.82. The van der Waals surface area contributed by atoms with Crippen LogP contribution in [0.2, 0.25) is 0 Å². The van der Waals surface area contributed by atoms with E-state index in [4.69, 9.17) is 0 Å². The van der Waals surface area contributed by atoms with Crippen molar-refractivity contribution >= 4 is 21.8 Å². The molecule has 0 atom stereocenters. The largest absolute Gasteiger partial charge is 0.354 e. The lowest BCUT2D eigenvalue weighted by Gasteiger charge is -2.05. The molecule has 1 heteroatoms. The minimum Gasteiger partial charge on any atom is -0.354 e.